The molecule has 0 bridgehead atoms. The Bertz CT molecular complexity index is 649. The average molecular weight is 330 g/mol. The minimum absolute atomic E-state index is 0.0710. The van der Waals surface area contributed by atoms with Crippen LogP contribution in [-0.4, -0.2) is 47.8 Å². The van der Waals surface area contributed by atoms with Crippen molar-refractivity contribution in [3.8, 4) is 0 Å². The first-order valence-electron chi connectivity index (χ1n) is 9.22. The van der Waals surface area contributed by atoms with Gasteiger partial charge in [0, 0.05) is 31.7 Å². The first kappa shape index (κ1) is 15.7. The fourth-order valence-electron chi connectivity index (χ4n) is 4.47. The van der Waals surface area contributed by atoms with Crippen molar-refractivity contribution in [1.29, 1.82) is 0 Å². The van der Waals surface area contributed by atoms with Gasteiger partial charge >= 0.3 is 0 Å². The van der Waals surface area contributed by atoms with Crippen LogP contribution in [0.2, 0.25) is 0 Å². The van der Waals surface area contributed by atoms with E-state index in [2.05, 4.69) is 4.90 Å². The first-order chi connectivity index (χ1) is 11.6. The van der Waals surface area contributed by atoms with Gasteiger partial charge in [-0.05, 0) is 51.0 Å². The predicted octanol–water partition coefficient (Wildman–Crippen LogP) is 2.84. The summed E-state index contributed by atoms with van der Waals surface area (Å²) in [5, 5.41) is 0. The van der Waals surface area contributed by atoms with Gasteiger partial charge in [0.05, 0.1) is 11.7 Å². The predicted molar refractivity (Wildman–Crippen MR) is 89.6 cm³/mol. The summed E-state index contributed by atoms with van der Waals surface area (Å²) in [6, 6.07) is 1.81. The third kappa shape index (κ3) is 2.54. The molecular weight excluding hydrogens is 304 g/mol. The maximum Gasteiger partial charge on any atom is 0.289 e. The molecule has 130 valence electrons. The molecule has 1 aromatic heterocycles. The minimum atomic E-state index is -0.349. The summed E-state index contributed by atoms with van der Waals surface area (Å²) in [6.07, 6.45) is 8.15. The highest BCUT2D eigenvalue weighted by atomic mass is 16.3. The molecule has 24 heavy (non-hydrogen) atoms. The summed E-state index contributed by atoms with van der Waals surface area (Å²) in [7, 11) is 0. The molecule has 1 aromatic rings. The molecule has 1 spiro atoms. The summed E-state index contributed by atoms with van der Waals surface area (Å²) < 4.78 is 5.35. The monoisotopic (exact) mass is 330 g/mol. The second-order valence-corrected chi connectivity index (χ2v) is 7.84. The van der Waals surface area contributed by atoms with E-state index in [9.17, 15) is 9.59 Å². The van der Waals surface area contributed by atoms with E-state index in [1.54, 1.807) is 6.26 Å². The SMILES string of the molecule is Cc1ccoc1C(=O)N1CC[C@]2(CCCN(CC3CCC3)C2=O)C1. The van der Waals surface area contributed by atoms with Crippen LogP contribution in [0.1, 0.15) is 54.6 Å². The number of hydrogen-bond donors (Lipinski definition) is 0. The van der Waals surface area contributed by atoms with E-state index in [1.165, 1.54) is 19.3 Å². The van der Waals surface area contributed by atoms with Crippen LogP contribution >= 0.6 is 0 Å². The molecule has 1 aliphatic carbocycles. The number of amides is 2. The zero-order valence-corrected chi connectivity index (χ0v) is 14.4. The normalized spacial score (nSPS) is 27.8. The topological polar surface area (TPSA) is 53.8 Å². The van der Waals surface area contributed by atoms with E-state index < -0.39 is 0 Å². The van der Waals surface area contributed by atoms with Crippen molar-refractivity contribution in [2.75, 3.05) is 26.2 Å². The molecule has 0 N–H and O–H groups in total. The summed E-state index contributed by atoms with van der Waals surface area (Å²) in [5.74, 6) is 1.33. The quantitative estimate of drug-likeness (QED) is 0.856. The molecule has 5 heteroatoms. The molecule has 3 aliphatic rings. The summed E-state index contributed by atoms with van der Waals surface area (Å²) in [4.78, 5) is 29.7. The largest absolute Gasteiger partial charge is 0.459 e. The molecular formula is C19H26N2O3. The fraction of sp³-hybridized carbons (Fsp3) is 0.684. The van der Waals surface area contributed by atoms with Gasteiger partial charge in [0.25, 0.3) is 5.91 Å². The maximum atomic E-state index is 13.1. The van der Waals surface area contributed by atoms with Crippen LogP contribution in [0.15, 0.2) is 16.7 Å². The molecule has 2 aliphatic heterocycles. The van der Waals surface area contributed by atoms with Gasteiger partial charge < -0.3 is 14.2 Å². The lowest BCUT2D eigenvalue weighted by atomic mass is 9.77. The molecule has 0 unspecified atom stereocenters. The molecule has 1 saturated carbocycles. The highest BCUT2D eigenvalue weighted by Gasteiger charge is 2.50. The number of piperidine rings is 1. The third-order valence-corrected chi connectivity index (χ3v) is 6.22. The smallest absolute Gasteiger partial charge is 0.289 e. The van der Waals surface area contributed by atoms with Crippen LogP contribution in [0.5, 0.6) is 0 Å². The summed E-state index contributed by atoms with van der Waals surface area (Å²) in [5.41, 5.74) is 0.514. The first-order valence-corrected chi connectivity index (χ1v) is 9.22. The second-order valence-electron chi connectivity index (χ2n) is 7.84. The molecule has 2 amide bonds. The lowest BCUT2D eigenvalue weighted by molar-refractivity contribution is -0.146. The van der Waals surface area contributed by atoms with Crippen molar-refractivity contribution in [2.45, 2.75) is 45.4 Å². The Balaban J connectivity index is 1.46. The van der Waals surface area contributed by atoms with Gasteiger partial charge in [0.1, 0.15) is 0 Å². The van der Waals surface area contributed by atoms with Gasteiger partial charge in [-0.3, -0.25) is 9.59 Å². The van der Waals surface area contributed by atoms with E-state index in [-0.39, 0.29) is 17.2 Å². The third-order valence-electron chi connectivity index (χ3n) is 6.22. The van der Waals surface area contributed by atoms with Crippen LogP contribution in [0.25, 0.3) is 0 Å². The van der Waals surface area contributed by atoms with Gasteiger partial charge in [-0.1, -0.05) is 6.42 Å². The summed E-state index contributed by atoms with van der Waals surface area (Å²) >= 11 is 0. The minimum Gasteiger partial charge on any atom is -0.459 e. The van der Waals surface area contributed by atoms with Gasteiger partial charge in [0.2, 0.25) is 5.91 Å². The number of nitrogens with zero attached hydrogens (tertiary/aromatic N) is 2. The molecule has 4 rings (SSSR count). The van der Waals surface area contributed by atoms with E-state index in [0.717, 1.165) is 37.9 Å². The van der Waals surface area contributed by atoms with Crippen molar-refractivity contribution >= 4 is 11.8 Å². The Kier molecular flexibility index (Phi) is 3.89. The lowest BCUT2D eigenvalue weighted by Crippen LogP contribution is -2.52. The molecule has 1 atom stereocenters. The van der Waals surface area contributed by atoms with Gasteiger partial charge in [0.15, 0.2) is 5.76 Å². The number of likely N-dealkylation sites (tertiary alicyclic amines) is 2. The van der Waals surface area contributed by atoms with Crippen LogP contribution in [0.3, 0.4) is 0 Å². The van der Waals surface area contributed by atoms with Crippen molar-refractivity contribution in [2.24, 2.45) is 11.3 Å². The van der Waals surface area contributed by atoms with Crippen LogP contribution in [0.4, 0.5) is 0 Å². The van der Waals surface area contributed by atoms with Gasteiger partial charge in [-0.15, -0.1) is 0 Å². The Morgan fingerprint density at radius 1 is 1.29 bits per heavy atom. The Labute approximate surface area is 143 Å². The molecule has 0 aromatic carbocycles. The molecule has 0 radical (unpaired) electrons. The van der Waals surface area contributed by atoms with E-state index in [1.807, 2.05) is 17.9 Å². The lowest BCUT2D eigenvalue weighted by Gasteiger charge is -2.42. The Morgan fingerprint density at radius 3 is 2.79 bits per heavy atom. The number of carbonyl (C=O) groups excluding carboxylic acids is 2. The van der Waals surface area contributed by atoms with E-state index >= 15 is 0 Å². The zero-order valence-electron chi connectivity index (χ0n) is 14.4. The maximum absolute atomic E-state index is 13.1. The highest BCUT2D eigenvalue weighted by Crippen LogP contribution is 2.41. The van der Waals surface area contributed by atoms with Crippen LogP contribution in [0, 0.1) is 18.3 Å². The standard InChI is InChI=1S/C19H26N2O3/c1-14-6-11-24-16(14)17(22)21-10-8-19(13-21)7-3-9-20(18(19)23)12-15-4-2-5-15/h6,11,15H,2-5,7-10,12-13H2,1H3/t19-/m1/s1. The summed E-state index contributed by atoms with van der Waals surface area (Å²) in [6.45, 7) is 4.90. The average Bonchev–Trinajstić information content (AvgIpc) is 3.14. The number of rotatable bonds is 3. The van der Waals surface area contributed by atoms with Crippen molar-refractivity contribution < 1.29 is 14.0 Å². The van der Waals surface area contributed by atoms with Crippen molar-refractivity contribution in [1.82, 2.24) is 9.80 Å². The highest BCUT2D eigenvalue weighted by molar-refractivity contribution is 5.94. The van der Waals surface area contributed by atoms with E-state index in [4.69, 9.17) is 4.42 Å². The molecule has 3 fully saturated rings. The van der Waals surface area contributed by atoms with E-state index in [0.29, 0.717) is 24.8 Å². The Morgan fingerprint density at radius 2 is 2.12 bits per heavy atom. The number of carbonyl (C=O) groups is 2. The van der Waals surface area contributed by atoms with Gasteiger partial charge in [-0.25, -0.2) is 0 Å². The zero-order chi connectivity index (χ0) is 16.7. The molecule has 2 saturated heterocycles. The fourth-order valence-corrected chi connectivity index (χ4v) is 4.47. The number of furan rings is 1. The molecule has 5 nitrogen and oxygen atoms in total. The second kappa shape index (κ2) is 5.94. The van der Waals surface area contributed by atoms with Gasteiger partial charge in [-0.2, -0.15) is 0 Å². The molecule has 3 heterocycles. The number of hydrogen-bond acceptors (Lipinski definition) is 3. The van der Waals surface area contributed by atoms with Crippen LogP contribution in [-0.2, 0) is 4.79 Å². The van der Waals surface area contributed by atoms with Crippen molar-refractivity contribution in [3.05, 3.63) is 23.7 Å². The van der Waals surface area contributed by atoms with Crippen molar-refractivity contribution in [3.63, 3.8) is 0 Å². The van der Waals surface area contributed by atoms with Crippen LogP contribution < -0.4 is 0 Å². The number of aryl methyl sites for hydroxylation is 1. The Hall–Kier alpha value is -1.78.